The highest BCUT2D eigenvalue weighted by Crippen LogP contribution is 2.43. The van der Waals surface area contributed by atoms with Crippen molar-refractivity contribution in [2.75, 3.05) is 53.2 Å². The van der Waals surface area contributed by atoms with Crippen LogP contribution in [0.15, 0.2) is 23.2 Å². The molecule has 0 aromatic heterocycles. The normalized spacial score (nSPS) is 21.8. The van der Waals surface area contributed by atoms with E-state index in [1.165, 1.54) is 31.2 Å². The van der Waals surface area contributed by atoms with Crippen molar-refractivity contribution in [2.24, 2.45) is 4.99 Å². The number of fused-ring (bicyclic) bond motifs is 1. The van der Waals surface area contributed by atoms with Crippen LogP contribution in [0, 0.1) is 0 Å². The zero-order valence-electron chi connectivity index (χ0n) is 19.2. The van der Waals surface area contributed by atoms with E-state index in [0.29, 0.717) is 25.9 Å². The van der Waals surface area contributed by atoms with Crippen LogP contribution in [0.3, 0.4) is 0 Å². The van der Waals surface area contributed by atoms with Crippen LogP contribution in [0.1, 0.15) is 50.5 Å². The molecule has 4 rings (SSSR count). The molecule has 1 unspecified atom stereocenters. The Balaban J connectivity index is 0.00000289. The van der Waals surface area contributed by atoms with E-state index in [4.69, 9.17) is 18.9 Å². The molecule has 8 heteroatoms. The van der Waals surface area contributed by atoms with Crippen molar-refractivity contribution < 1.29 is 18.9 Å². The molecule has 7 nitrogen and oxygen atoms in total. The number of ether oxygens (including phenoxy) is 4. The van der Waals surface area contributed by atoms with Gasteiger partial charge in [0.2, 0.25) is 0 Å². The van der Waals surface area contributed by atoms with E-state index in [9.17, 15) is 0 Å². The fraction of sp³-hybridized carbons (Fsp3) is 0.708. The second-order valence-corrected chi connectivity index (χ2v) is 8.76. The maximum absolute atomic E-state index is 5.83. The third kappa shape index (κ3) is 6.63. The maximum atomic E-state index is 5.83. The van der Waals surface area contributed by atoms with Crippen molar-refractivity contribution in [2.45, 2.75) is 56.5 Å². The van der Waals surface area contributed by atoms with E-state index in [0.717, 1.165) is 63.0 Å². The van der Waals surface area contributed by atoms with Crippen LogP contribution in [0.4, 0.5) is 0 Å². The maximum Gasteiger partial charge on any atom is 0.191 e. The van der Waals surface area contributed by atoms with Crippen LogP contribution < -0.4 is 20.1 Å². The fourth-order valence-corrected chi connectivity index (χ4v) is 4.84. The first-order valence-electron chi connectivity index (χ1n) is 11.8. The van der Waals surface area contributed by atoms with E-state index in [1.54, 1.807) is 0 Å². The first-order chi connectivity index (χ1) is 15.3. The Labute approximate surface area is 209 Å². The molecule has 1 saturated heterocycles. The molecule has 2 heterocycles. The van der Waals surface area contributed by atoms with Gasteiger partial charge in [0.05, 0.1) is 12.7 Å². The Kier molecular flexibility index (Phi) is 10.2. The summed E-state index contributed by atoms with van der Waals surface area (Å²) in [5.74, 6) is 2.58. The SMILES string of the molecule is CN=C(NCCCOCC1CCCO1)NCC1(c2ccc3c(c2)OCCO3)CCCC1.I. The third-order valence-corrected chi connectivity index (χ3v) is 6.62. The van der Waals surface area contributed by atoms with E-state index in [2.05, 4.69) is 33.8 Å². The minimum atomic E-state index is 0. The number of guanidine groups is 1. The lowest BCUT2D eigenvalue weighted by molar-refractivity contribution is 0.0168. The van der Waals surface area contributed by atoms with Crippen LogP contribution in [0.25, 0.3) is 0 Å². The van der Waals surface area contributed by atoms with Gasteiger partial charge in [-0.25, -0.2) is 0 Å². The second kappa shape index (κ2) is 12.8. The van der Waals surface area contributed by atoms with Gasteiger partial charge >= 0.3 is 0 Å². The number of nitrogens with zero attached hydrogens (tertiary/aromatic N) is 1. The lowest BCUT2D eigenvalue weighted by Crippen LogP contribution is -2.45. The topological polar surface area (TPSA) is 73.3 Å². The molecule has 1 aromatic carbocycles. The number of nitrogens with one attached hydrogen (secondary N) is 2. The van der Waals surface area contributed by atoms with Gasteiger partial charge in [-0.3, -0.25) is 4.99 Å². The van der Waals surface area contributed by atoms with Crippen LogP contribution in [0.5, 0.6) is 11.5 Å². The van der Waals surface area contributed by atoms with Crippen molar-refractivity contribution in [3.05, 3.63) is 23.8 Å². The summed E-state index contributed by atoms with van der Waals surface area (Å²) in [4.78, 5) is 4.41. The highest BCUT2D eigenvalue weighted by atomic mass is 127. The van der Waals surface area contributed by atoms with Gasteiger partial charge in [0.25, 0.3) is 0 Å². The Bertz CT molecular complexity index is 734. The van der Waals surface area contributed by atoms with Gasteiger partial charge < -0.3 is 29.6 Å². The van der Waals surface area contributed by atoms with Gasteiger partial charge in [-0.15, -0.1) is 24.0 Å². The van der Waals surface area contributed by atoms with Gasteiger partial charge in [0.15, 0.2) is 17.5 Å². The first kappa shape index (κ1) is 25.4. The minimum Gasteiger partial charge on any atom is -0.486 e. The van der Waals surface area contributed by atoms with E-state index >= 15 is 0 Å². The predicted molar refractivity (Wildman–Crippen MR) is 137 cm³/mol. The molecule has 0 radical (unpaired) electrons. The molecule has 180 valence electrons. The Hall–Kier alpha value is -1.26. The van der Waals surface area contributed by atoms with Gasteiger partial charge in [0, 0.05) is 38.8 Å². The van der Waals surface area contributed by atoms with Crippen LogP contribution in [-0.4, -0.2) is 65.2 Å². The summed E-state index contributed by atoms with van der Waals surface area (Å²) >= 11 is 0. The molecule has 1 aliphatic carbocycles. The molecular formula is C24H38IN3O4. The molecule has 0 bridgehead atoms. The summed E-state index contributed by atoms with van der Waals surface area (Å²) in [6.07, 6.45) is 8.38. The summed E-state index contributed by atoms with van der Waals surface area (Å²) in [6.45, 7) is 5.28. The number of halogens is 1. The van der Waals surface area contributed by atoms with Crippen LogP contribution in [0.2, 0.25) is 0 Å². The van der Waals surface area contributed by atoms with Crippen LogP contribution >= 0.6 is 24.0 Å². The Morgan fingerprint density at radius 1 is 1.09 bits per heavy atom. The quantitative estimate of drug-likeness (QED) is 0.209. The molecule has 2 aliphatic heterocycles. The van der Waals surface area contributed by atoms with Gasteiger partial charge in [-0.1, -0.05) is 18.9 Å². The summed E-state index contributed by atoms with van der Waals surface area (Å²) in [6, 6.07) is 6.46. The lowest BCUT2D eigenvalue weighted by Gasteiger charge is -2.32. The Morgan fingerprint density at radius 3 is 2.66 bits per heavy atom. The zero-order valence-corrected chi connectivity index (χ0v) is 21.5. The molecule has 0 amide bonds. The number of aliphatic imine (C=N–C) groups is 1. The molecule has 1 atom stereocenters. The molecule has 3 aliphatic rings. The van der Waals surface area contributed by atoms with E-state index < -0.39 is 0 Å². The number of benzene rings is 1. The summed E-state index contributed by atoms with van der Waals surface area (Å²) in [5, 5.41) is 7.00. The van der Waals surface area contributed by atoms with Crippen LogP contribution in [-0.2, 0) is 14.9 Å². The lowest BCUT2D eigenvalue weighted by atomic mass is 9.78. The third-order valence-electron chi connectivity index (χ3n) is 6.62. The zero-order chi connectivity index (χ0) is 21.4. The van der Waals surface area contributed by atoms with Crippen molar-refractivity contribution in [3.8, 4) is 11.5 Å². The van der Waals surface area contributed by atoms with E-state index in [-0.39, 0.29) is 29.4 Å². The van der Waals surface area contributed by atoms with Gasteiger partial charge in [-0.2, -0.15) is 0 Å². The molecular weight excluding hydrogens is 521 g/mol. The molecule has 1 saturated carbocycles. The predicted octanol–water partition coefficient (Wildman–Crippen LogP) is 3.64. The first-order valence-corrected chi connectivity index (χ1v) is 11.8. The smallest absolute Gasteiger partial charge is 0.191 e. The number of hydrogen-bond donors (Lipinski definition) is 2. The largest absolute Gasteiger partial charge is 0.486 e. The minimum absolute atomic E-state index is 0. The molecule has 0 spiro atoms. The van der Waals surface area contributed by atoms with Gasteiger partial charge in [-0.05, 0) is 49.8 Å². The van der Waals surface area contributed by atoms with Gasteiger partial charge in [0.1, 0.15) is 13.2 Å². The van der Waals surface area contributed by atoms with E-state index in [1.807, 2.05) is 7.05 Å². The summed E-state index contributed by atoms with van der Waals surface area (Å²) in [7, 11) is 1.83. The highest BCUT2D eigenvalue weighted by Gasteiger charge is 2.36. The molecule has 1 aromatic rings. The van der Waals surface area contributed by atoms with Crippen molar-refractivity contribution in [1.29, 1.82) is 0 Å². The monoisotopic (exact) mass is 559 g/mol. The average molecular weight is 559 g/mol. The fourth-order valence-electron chi connectivity index (χ4n) is 4.84. The highest BCUT2D eigenvalue weighted by molar-refractivity contribution is 14.0. The summed E-state index contributed by atoms with van der Waals surface area (Å²) in [5.41, 5.74) is 1.44. The number of rotatable bonds is 9. The average Bonchev–Trinajstić information content (AvgIpc) is 3.51. The molecule has 32 heavy (non-hydrogen) atoms. The van der Waals surface area contributed by atoms with Crippen molar-refractivity contribution in [1.82, 2.24) is 10.6 Å². The molecule has 2 N–H and O–H groups in total. The standard InChI is InChI=1S/C24H37N3O4.HI/c1-25-23(26-11-5-12-28-17-20-6-4-13-29-20)27-18-24(9-2-3-10-24)19-7-8-21-22(16-19)31-15-14-30-21;/h7-8,16,20H,2-6,9-15,17-18H2,1H3,(H2,25,26,27);1H. The molecule has 2 fully saturated rings. The number of hydrogen-bond acceptors (Lipinski definition) is 5. The van der Waals surface area contributed by atoms with Crippen molar-refractivity contribution in [3.63, 3.8) is 0 Å². The van der Waals surface area contributed by atoms with Crippen molar-refractivity contribution >= 4 is 29.9 Å². The summed E-state index contributed by atoms with van der Waals surface area (Å²) < 4.78 is 22.9. The Morgan fingerprint density at radius 2 is 1.91 bits per heavy atom. The second-order valence-electron chi connectivity index (χ2n) is 8.76.